The minimum atomic E-state index is -0.577. The first-order valence-electron chi connectivity index (χ1n) is 7.04. The quantitative estimate of drug-likeness (QED) is 0.870. The smallest absolute Gasteiger partial charge is 0.131 e. The zero-order valence-electron chi connectivity index (χ0n) is 12.4. The number of rotatable bonds is 4. The molecule has 2 rings (SSSR count). The summed E-state index contributed by atoms with van der Waals surface area (Å²) in [6, 6.07) is 2.67. The molecule has 1 aromatic heterocycles. The Morgan fingerprint density at radius 2 is 2.26 bits per heavy atom. The highest BCUT2D eigenvalue weighted by Crippen LogP contribution is 2.27. The van der Waals surface area contributed by atoms with Crippen LogP contribution >= 0.6 is 0 Å². The second kappa shape index (κ2) is 5.47. The molecule has 1 aliphatic rings. The van der Waals surface area contributed by atoms with Gasteiger partial charge in [-0.3, -0.25) is 0 Å². The summed E-state index contributed by atoms with van der Waals surface area (Å²) < 4.78 is 0. The Morgan fingerprint density at radius 1 is 1.53 bits per heavy atom. The van der Waals surface area contributed by atoms with Gasteiger partial charge in [-0.1, -0.05) is 13.8 Å². The largest absolute Gasteiger partial charge is 0.388 e. The molecule has 106 valence electrons. The molecule has 0 aliphatic carbocycles. The van der Waals surface area contributed by atoms with Crippen molar-refractivity contribution in [2.75, 3.05) is 18.0 Å². The molecule has 1 atom stereocenters. The average Bonchev–Trinajstić information content (AvgIpc) is 2.67. The Kier molecular flexibility index (Phi) is 4.11. The molecule has 0 saturated carbocycles. The van der Waals surface area contributed by atoms with Gasteiger partial charge in [0, 0.05) is 31.9 Å². The molecule has 1 aliphatic heterocycles. The number of nitrogens with one attached hydrogen (secondary N) is 1. The van der Waals surface area contributed by atoms with Gasteiger partial charge in [0.15, 0.2) is 0 Å². The van der Waals surface area contributed by atoms with E-state index in [9.17, 15) is 5.11 Å². The van der Waals surface area contributed by atoms with Crippen molar-refractivity contribution >= 4 is 5.82 Å². The highest BCUT2D eigenvalue weighted by Gasteiger charge is 2.32. The van der Waals surface area contributed by atoms with E-state index >= 15 is 0 Å². The number of aryl methyl sites for hydroxylation is 1. The summed E-state index contributed by atoms with van der Waals surface area (Å²) in [6.45, 7) is 10.7. The van der Waals surface area contributed by atoms with E-state index in [-0.39, 0.29) is 0 Å². The number of β-amino-alcohol motifs (C(OH)–C–C–N with tert-alkyl or cyclic N) is 1. The first-order valence-corrected chi connectivity index (χ1v) is 7.04. The molecule has 4 nitrogen and oxygen atoms in total. The maximum Gasteiger partial charge on any atom is 0.131 e. The average molecular weight is 263 g/mol. The monoisotopic (exact) mass is 263 g/mol. The lowest BCUT2D eigenvalue weighted by Crippen LogP contribution is -2.30. The molecular formula is C15H25N3O. The third-order valence-corrected chi connectivity index (χ3v) is 3.57. The number of nitrogens with zero attached hydrogens (tertiary/aromatic N) is 2. The van der Waals surface area contributed by atoms with Gasteiger partial charge in [-0.2, -0.15) is 0 Å². The molecule has 2 N–H and O–H groups in total. The van der Waals surface area contributed by atoms with Crippen molar-refractivity contribution in [3.8, 4) is 0 Å². The second-order valence-corrected chi connectivity index (χ2v) is 6.19. The summed E-state index contributed by atoms with van der Waals surface area (Å²) >= 11 is 0. The Balaban J connectivity index is 2.07. The van der Waals surface area contributed by atoms with E-state index in [0.29, 0.717) is 12.6 Å². The second-order valence-electron chi connectivity index (χ2n) is 6.19. The van der Waals surface area contributed by atoms with Crippen molar-refractivity contribution in [1.29, 1.82) is 0 Å². The van der Waals surface area contributed by atoms with Crippen LogP contribution in [0.2, 0.25) is 0 Å². The zero-order chi connectivity index (χ0) is 14.0. The summed E-state index contributed by atoms with van der Waals surface area (Å²) in [5, 5.41) is 13.4. The Labute approximate surface area is 115 Å². The molecule has 1 unspecified atom stereocenters. The number of anilines is 1. The van der Waals surface area contributed by atoms with Gasteiger partial charge in [-0.05, 0) is 37.5 Å². The first kappa shape index (κ1) is 14.3. The van der Waals surface area contributed by atoms with Crippen molar-refractivity contribution in [1.82, 2.24) is 10.3 Å². The molecule has 2 heterocycles. The van der Waals surface area contributed by atoms with Crippen LogP contribution in [-0.2, 0) is 6.54 Å². The van der Waals surface area contributed by atoms with Crippen LogP contribution in [0.25, 0.3) is 0 Å². The minimum Gasteiger partial charge on any atom is -0.388 e. The van der Waals surface area contributed by atoms with Gasteiger partial charge < -0.3 is 15.3 Å². The fourth-order valence-corrected chi connectivity index (χ4v) is 2.50. The molecule has 0 spiro atoms. The van der Waals surface area contributed by atoms with Gasteiger partial charge in [0.2, 0.25) is 0 Å². The topological polar surface area (TPSA) is 48.4 Å². The number of hydrogen-bond acceptors (Lipinski definition) is 4. The summed E-state index contributed by atoms with van der Waals surface area (Å²) in [4.78, 5) is 6.75. The normalized spacial score (nSPS) is 23.4. The summed E-state index contributed by atoms with van der Waals surface area (Å²) in [5.74, 6) is 1.01. The van der Waals surface area contributed by atoms with Crippen molar-refractivity contribution in [2.45, 2.75) is 52.3 Å². The molecule has 19 heavy (non-hydrogen) atoms. The number of aliphatic hydroxyl groups is 1. The summed E-state index contributed by atoms with van der Waals surface area (Å²) in [5.41, 5.74) is 1.81. The Hall–Kier alpha value is -1.13. The van der Waals surface area contributed by atoms with E-state index in [4.69, 9.17) is 0 Å². The van der Waals surface area contributed by atoms with Crippen LogP contribution in [0.5, 0.6) is 0 Å². The molecule has 1 fully saturated rings. The molecule has 4 heteroatoms. The molecule has 0 aromatic carbocycles. The van der Waals surface area contributed by atoms with Crippen LogP contribution in [0.1, 0.15) is 38.3 Å². The van der Waals surface area contributed by atoms with Crippen molar-refractivity contribution in [2.24, 2.45) is 0 Å². The molecule has 0 amide bonds. The maximum absolute atomic E-state index is 10.0. The van der Waals surface area contributed by atoms with Crippen molar-refractivity contribution < 1.29 is 5.11 Å². The minimum absolute atomic E-state index is 0.480. The van der Waals surface area contributed by atoms with Crippen LogP contribution in [0.3, 0.4) is 0 Å². The third kappa shape index (κ3) is 3.67. The van der Waals surface area contributed by atoms with Gasteiger partial charge in [0.05, 0.1) is 5.60 Å². The van der Waals surface area contributed by atoms with Crippen LogP contribution in [0.4, 0.5) is 5.82 Å². The molecule has 1 aromatic rings. The lowest BCUT2D eigenvalue weighted by atomic mass is 10.1. The van der Waals surface area contributed by atoms with Gasteiger partial charge in [-0.15, -0.1) is 0 Å². The number of pyridine rings is 1. The van der Waals surface area contributed by atoms with Crippen molar-refractivity contribution in [3.63, 3.8) is 0 Å². The van der Waals surface area contributed by atoms with Crippen LogP contribution in [0, 0.1) is 6.92 Å². The standard InChI is InChI=1S/C15H25N3O/c1-11(2)16-8-13-7-12(3)14(17-9-13)18-6-5-15(4,19)10-18/h7,9,11,16,19H,5-6,8,10H2,1-4H3. The number of hydrogen-bond donors (Lipinski definition) is 2. The molecular weight excluding hydrogens is 238 g/mol. The third-order valence-electron chi connectivity index (χ3n) is 3.57. The van der Waals surface area contributed by atoms with E-state index in [1.807, 2.05) is 13.1 Å². The van der Waals surface area contributed by atoms with Gasteiger partial charge in [0.1, 0.15) is 5.82 Å². The maximum atomic E-state index is 10.0. The number of aromatic nitrogens is 1. The van der Waals surface area contributed by atoms with Crippen LogP contribution in [-0.4, -0.2) is 34.8 Å². The molecule has 1 saturated heterocycles. The zero-order valence-corrected chi connectivity index (χ0v) is 12.4. The Morgan fingerprint density at radius 3 is 2.79 bits per heavy atom. The predicted octanol–water partition coefficient (Wildman–Crippen LogP) is 1.85. The lowest BCUT2D eigenvalue weighted by Gasteiger charge is -2.22. The highest BCUT2D eigenvalue weighted by atomic mass is 16.3. The fourth-order valence-electron chi connectivity index (χ4n) is 2.50. The van der Waals surface area contributed by atoms with Gasteiger partial charge in [0.25, 0.3) is 0 Å². The van der Waals surface area contributed by atoms with E-state index in [1.165, 1.54) is 11.1 Å². The SMILES string of the molecule is Cc1cc(CNC(C)C)cnc1N1CCC(C)(O)C1. The fraction of sp³-hybridized carbons (Fsp3) is 0.667. The first-order chi connectivity index (χ1) is 8.87. The van der Waals surface area contributed by atoms with E-state index in [1.54, 1.807) is 0 Å². The van der Waals surface area contributed by atoms with Crippen molar-refractivity contribution in [3.05, 3.63) is 23.4 Å². The van der Waals surface area contributed by atoms with E-state index < -0.39 is 5.60 Å². The Bertz CT molecular complexity index is 443. The molecule has 0 radical (unpaired) electrons. The van der Waals surface area contributed by atoms with Gasteiger partial charge in [-0.25, -0.2) is 4.98 Å². The predicted molar refractivity (Wildman–Crippen MR) is 78.4 cm³/mol. The van der Waals surface area contributed by atoms with E-state index in [0.717, 1.165) is 25.3 Å². The molecule has 0 bridgehead atoms. The van der Waals surface area contributed by atoms with E-state index in [2.05, 4.69) is 42.0 Å². The summed E-state index contributed by atoms with van der Waals surface area (Å²) in [7, 11) is 0. The van der Waals surface area contributed by atoms with Gasteiger partial charge >= 0.3 is 0 Å². The van der Waals surface area contributed by atoms with Crippen LogP contribution in [0.15, 0.2) is 12.3 Å². The lowest BCUT2D eigenvalue weighted by molar-refractivity contribution is 0.0839. The highest BCUT2D eigenvalue weighted by molar-refractivity contribution is 5.48. The summed E-state index contributed by atoms with van der Waals surface area (Å²) in [6.07, 6.45) is 2.75. The van der Waals surface area contributed by atoms with Crippen LogP contribution < -0.4 is 10.2 Å².